The zero-order valence-corrected chi connectivity index (χ0v) is 22.6. The fraction of sp³-hybridized carbons (Fsp3) is 0.414. The van der Waals surface area contributed by atoms with Crippen LogP contribution in [0.15, 0.2) is 60.7 Å². The third-order valence-electron chi connectivity index (χ3n) is 6.57. The van der Waals surface area contributed by atoms with E-state index in [-0.39, 0.29) is 25.2 Å². The molecule has 2 aromatic carbocycles. The first-order valence-electron chi connectivity index (χ1n) is 12.7. The number of benzene rings is 2. The number of methoxy groups -OCH3 is 1. The highest BCUT2D eigenvalue weighted by Crippen LogP contribution is 2.44. The summed E-state index contributed by atoms with van der Waals surface area (Å²) < 4.78 is 11.0. The summed E-state index contributed by atoms with van der Waals surface area (Å²) in [7, 11) is 1.51. The van der Waals surface area contributed by atoms with Gasteiger partial charge in [0.05, 0.1) is 24.2 Å². The Labute approximate surface area is 228 Å². The van der Waals surface area contributed by atoms with E-state index in [4.69, 9.17) is 26.2 Å². The second kappa shape index (κ2) is 14.0. The summed E-state index contributed by atoms with van der Waals surface area (Å²) in [5, 5.41) is 14.8. The van der Waals surface area contributed by atoms with E-state index >= 15 is 0 Å². The lowest BCUT2D eigenvalue weighted by Gasteiger charge is -2.19. The highest BCUT2D eigenvalue weighted by atomic mass is 35.5. The largest absolute Gasteiger partial charge is 0.495 e. The van der Waals surface area contributed by atoms with Gasteiger partial charge in [-0.1, -0.05) is 67.9 Å². The highest BCUT2D eigenvalue weighted by Gasteiger charge is 2.43. The molecule has 1 saturated heterocycles. The minimum atomic E-state index is -1.02. The van der Waals surface area contributed by atoms with Gasteiger partial charge in [-0.2, -0.15) is 0 Å². The van der Waals surface area contributed by atoms with Gasteiger partial charge < -0.3 is 25.2 Å². The molecular formula is C29H35ClN2O6. The van der Waals surface area contributed by atoms with Crippen LogP contribution in [0, 0.1) is 11.8 Å². The van der Waals surface area contributed by atoms with Crippen LogP contribution in [0.3, 0.4) is 0 Å². The van der Waals surface area contributed by atoms with Crippen LogP contribution < -0.4 is 15.4 Å². The van der Waals surface area contributed by atoms with Gasteiger partial charge in [-0.25, -0.2) is 0 Å². The molecule has 9 heteroatoms. The first kappa shape index (κ1) is 29.2. The Bertz CT molecular complexity index is 1140. The van der Waals surface area contributed by atoms with E-state index in [2.05, 4.69) is 29.7 Å². The van der Waals surface area contributed by atoms with E-state index in [0.717, 1.165) is 12.0 Å². The first-order chi connectivity index (χ1) is 18.2. The number of carboxylic acids is 1. The number of rotatable bonds is 14. The second-order valence-electron chi connectivity index (χ2n) is 9.61. The van der Waals surface area contributed by atoms with Gasteiger partial charge in [0.2, 0.25) is 11.8 Å². The van der Waals surface area contributed by atoms with Crippen molar-refractivity contribution in [1.82, 2.24) is 10.6 Å². The molecule has 5 unspecified atom stereocenters. The van der Waals surface area contributed by atoms with Crippen molar-refractivity contribution in [3.8, 4) is 5.75 Å². The van der Waals surface area contributed by atoms with Crippen molar-refractivity contribution >= 4 is 29.4 Å². The molecule has 5 atom stereocenters. The third-order valence-corrected chi connectivity index (χ3v) is 6.86. The number of amides is 2. The molecule has 2 amide bonds. The van der Waals surface area contributed by atoms with Crippen molar-refractivity contribution < 1.29 is 29.0 Å². The smallest absolute Gasteiger partial charge is 0.308 e. The standard InChI is InChI=1S/C29H35ClN2O6/c1-18(26-27(38-26)21-10-5-4-6-11-21)9-7-8-12-25(33)32-23(28(34)31-17-19(2)29(35)36)16-20-13-14-24(37-3)22(30)15-20/h4-6,8,10-15,18-19,23,26-27H,7,9,16-17H2,1-3H3,(H,31,34)(H,32,33)(H,35,36). The molecule has 1 fully saturated rings. The number of ether oxygens (including phenoxy) is 2. The molecule has 1 aliphatic heterocycles. The molecule has 38 heavy (non-hydrogen) atoms. The quantitative estimate of drug-likeness (QED) is 0.242. The van der Waals surface area contributed by atoms with Gasteiger partial charge in [0.25, 0.3) is 0 Å². The average Bonchev–Trinajstić information content (AvgIpc) is 3.71. The molecule has 0 saturated carbocycles. The number of epoxide rings is 1. The van der Waals surface area contributed by atoms with Crippen LogP contribution in [0.4, 0.5) is 0 Å². The van der Waals surface area contributed by atoms with Crippen LogP contribution in [0.5, 0.6) is 5.75 Å². The maximum atomic E-state index is 12.9. The molecule has 1 aliphatic rings. The minimum absolute atomic E-state index is 0.0507. The van der Waals surface area contributed by atoms with Gasteiger partial charge >= 0.3 is 5.97 Å². The summed E-state index contributed by atoms with van der Waals surface area (Å²) in [6.07, 6.45) is 5.25. The van der Waals surface area contributed by atoms with Gasteiger partial charge in [-0.3, -0.25) is 14.4 Å². The SMILES string of the molecule is COc1ccc(CC(NC(=O)C=CCCC(C)C2OC2c2ccccc2)C(=O)NCC(C)C(=O)O)cc1Cl. The molecule has 2 aromatic rings. The number of hydrogen-bond donors (Lipinski definition) is 3. The normalized spacial score (nSPS) is 18.8. The highest BCUT2D eigenvalue weighted by molar-refractivity contribution is 6.32. The van der Waals surface area contributed by atoms with Crippen LogP contribution in [-0.2, 0) is 25.5 Å². The Morgan fingerprint density at radius 3 is 2.55 bits per heavy atom. The summed E-state index contributed by atoms with van der Waals surface area (Å²) in [6.45, 7) is 3.59. The van der Waals surface area contributed by atoms with Crippen LogP contribution in [0.25, 0.3) is 0 Å². The van der Waals surface area contributed by atoms with Gasteiger partial charge in [0.1, 0.15) is 17.9 Å². The van der Waals surface area contributed by atoms with Crippen LogP contribution in [0.1, 0.15) is 43.9 Å². The van der Waals surface area contributed by atoms with E-state index in [1.807, 2.05) is 18.2 Å². The number of nitrogens with one attached hydrogen (secondary N) is 2. The van der Waals surface area contributed by atoms with Crippen molar-refractivity contribution in [3.63, 3.8) is 0 Å². The monoisotopic (exact) mass is 542 g/mol. The molecular weight excluding hydrogens is 508 g/mol. The van der Waals surface area contributed by atoms with Crippen LogP contribution >= 0.6 is 11.6 Å². The molecule has 0 radical (unpaired) electrons. The number of carbonyl (C=O) groups is 3. The molecule has 0 aromatic heterocycles. The lowest BCUT2D eigenvalue weighted by atomic mass is 9.97. The van der Waals surface area contributed by atoms with Gasteiger partial charge in [0, 0.05) is 13.0 Å². The second-order valence-corrected chi connectivity index (χ2v) is 10.0. The Hall–Kier alpha value is -3.36. The third kappa shape index (κ3) is 8.60. The molecule has 3 rings (SSSR count). The molecule has 8 nitrogen and oxygen atoms in total. The van der Waals surface area contributed by atoms with Crippen molar-refractivity contribution in [1.29, 1.82) is 0 Å². The molecule has 3 N–H and O–H groups in total. The Morgan fingerprint density at radius 1 is 1.16 bits per heavy atom. The Kier molecular flexibility index (Phi) is 10.7. The topological polar surface area (TPSA) is 117 Å². The first-order valence-corrected chi connectivity index (χ1v) is 13.1. The van der Waals surface area contributed by atoms with Gasteiger partial charge in [0.15, 0.2) is 0 Å². The summed E-state index contributed by atoms with van der Waals surface area (Å²) in [4.78, 5) is 36.6. The number of hydrogen-bond acceptors (Lipinski definition) is 5. The van der Waals surface area contributed by atoms with Crippen LogP contribution in [-0.4, -0.2) is 48.7 Å². The Balaban J connectivity index is 1.54. The molecule has 0 bridgehead atoms. The van der Waals surface area contributed by atoms with Crippen molar-refractivity contribution in [2.75, 3.05) is 13.7 Å². The van der Waals surface area contributed by atoms with Crippen molar-refractivity contribution in [3.05, 3.63) is 76.8 Å². The number of carbonyl (C=O) groups excluding carboxylic acids is 2. The molecule has 0 spiro atoms. The molecule has 1 heterocycles. The Morgan fingerprint density at radius 2 is 1.89 bits per heavy atom. The summed E-state index contributed by atoms with van der Waals surface area (Å²) in [5.74, 6) is -1.82. The predicted molar refractivity (Wildman–Crippen MR) is 145 cm³/mol. The molecule has 0 aliphatic carbocycles. The number of carboxylic acid groups (broad SMARTS) is 1. The number of halogens is 1. The van der Waals surface area contributed by atoms with Crippen molar-refractivity contribution in [2.45, 2.75) is 51.4 Å². The van der Waals surface area contributed by atoms with E-state index in [0.29, 0.717) is 23.1 Å². The summed E-state index contributed by atoms with van der Waals surface area (Å²) >= 11 is 6.22. The number of allylic oxidation sites excluding steroid dienone is 1. The fourth-order valence-electron chi connectivity index (χ4n) is 4.15. The lowest BCUT2D eigenvalue weighted by Crippen LogP contribution is -2.48. The maximum Gasteiger partial charge on any atom is 0.308 e. The summed E-state index contributed by atoms with van der Waals surface area (Å²) in [5.41, 5.74) is 1.90. The summed E-state index contributed by atoms with van der Waals surface area (Å²) in [6, 6.07) is 14.3. The zero-order valence-electron chi connectivity index (χ0n) is 21.9. The van der Waals surface area contributed by atoms with Gasteiger partial charge in [-0.05, 0) is 48.1 Å². The zero-order chi connectivity index (χ0) is 27.7. The van der Waals surface area contributed by atoms with Gasteiger partial charge in [-0.15, -0.1) is 0 Å². The van der Waals surface area contributed by atoms with Crippen molar-refractivity contribution in [2.24, 2.45) is 11.8 Å². The predicted octanol–water partition coefficient (Wildman–Crippen LogP) is 4.33. The van der Waals surface area contributed by atoms with E-state index in [1.165, 1.54) is 25.7 Å². The number of aliphatic carboxylic acids is 1. The fourth-order valence-corrected chi connectivity index (χ4v) is 4.43. The van der Waals surface area contributed by atoms with Crippen LogP contribution in [0.2, 0.25) is 5.02 Å². The average molecular weight is 543 g/mol. The minimum Gasteiger partial charge on any atom is -0.495 e. The van der Waals surface area contributed by atoms with E-state index in [9.17, 15) is 14.4 Å². The van der Waals surface area contributed by atoms with E-state index in [1.54, 1.807) is 24.3 Å². The lowest BCUT2D eigenvalue weighted by molar-refractivity contribution is -0.141. The molecule has 204 valence electrons. The van der Waals surface area contributed by atoms with E-state index < -0.39 is 29.7 Å². The maximum absolute atomic E-state index is 12.9.